The van der Waals surface area contributed by atoms with E-state index in [9.17, 15) is 8.42 Å². The van der Waals surface area contributed by atoms with Crippen LogP contribution >= 0.6 is 11.6 Å². The van der Waals surface area contributed by atoms with Crippen LogP contribution in [0.2, 0.25) is 5.15 Å². The second-order valence-corrected chi connectivity index (χ2v) is 8.52. The number of aromatic nitrogens is 2. The minimum atomic E-state index is -3.39. The molecule has 0 amide bonds. The van der Waals surface area contributed by atoms with Gasteiger partial charge in [0.1, 0.15) is 0 Å². The van der Waals surface area contributed by atoms with E-state index in [1.807, 2.05) is 31.2 Å². The molecule has 0 bridgehead atoms. The van der Waals surface area contributed by atoms with Crippen LogP contribution in [0.5, 0.6) is 0 Å². The minimum Gasteiger partial charge on any atom is -0.396 e. The molecule has 136 valence electrons. The zero-order valence-electron chi connectivity index (χ0n) is 14.3. The fraction of sp³-hybridized carbons (Fsp3) is 0.211. The molecule has 0 unspecified atom stereocenters. The molecule has 0 saturated carbocycles. The Kier molecular flexibility index (Phi) is 5.46. The van der Waals surface area contributed by atoms with Gasteiger partial charge < -0.3 is 5.11 Å². The summed E-state index contributed by atoms with van der Waals surface area (Å²) < 4.78 is 26.2. The molecule has 1 N–H and O–H groups in total. The maximum Gasteiger partial charge on any atom is 0.178 e. The molecule has 0 radical (unpaired) electrons. The summed E-state index contributed by atoms with van der Waals surface area (Å²) in [5, 5.41) is 13.5. The number of hydrogen-bond donors (Lipinski definition) is 1. The van der Waals surface area contributed by atoms with Gasteiger partial charge in [0.2, 0.25) is 0 Å². The molecule has 0 aliphatic rings. The van der Waals surface area contributed by atoms with Crippen molar-refractivity contribution in [1.29, 1.82) is 0 Å². The van der Waals surface area contributed by atoms with Gasteiger partial charge in [-0.25, -0.2) is 13.1 Å². The number of sulfone groups is 1. The highest BCUT2D eigenvalue weighted by atomic mass is 35.5. The van der Waals surface area contributed by atoms with E-state index in [-0.39, 0.29) is 23.7 Å². The van der Waals surface area contributed by atoms with Crippen LogP contribution in [0.1, 0.15) is 12.0 Å². The van der Waals surface area contributed by atoms with E-state index in [4.69, 9.17) is 16.7 Å². The smallest absolute Gasteiger partial charge is 0.178 e. The summed E-state index contributed by atoms with van der Waals surface area (Å²) in [5.41, 5.74) is 3.60. The van der Waals surface area contributed by atoms with Gasteiger partial charge in [0, 0.05) is 18.2 Å². The van der Waals surface area contributed by atoms with E-state index in [0.29, 0.717) is 5.15 Å². The quantitative estimate of drug-likeness (QED) is 0.697. The lowest BCUT2D eigenvalue weighted by molar-refractivity contribution is 0.295. The Morgan fingerprint density at radius 3 is 2.35 bits per heavy atom. The van der Waals surface area contributed by atoms with Gasteiger partial charge in [-0.3, -0.25) is 0 Å². The number of aryl methyl sites for hydroxylation is 1. The molecule has 26 heavy (non-hydrogen) atoms. The van der Waals surface area contributed by atoms with Gasteiger partial charge in [0.05, 0.1) is 22.0 Å². The molecular weight excluding hydrogens is 372 g/mol. The molecule has 7 heteroatoms. The molecule has 0 atom stereocenters. The van der Waals surface area contributed by atoms with Crippen molar-refractivity contribution in [3.8, 4) is 16.9 Å². The molecule has 2 aromatic carbocycles. The lowest BCUT2D eigenvalue weighted by Gasteiger charge is -2.09. The fourth-order valence-electron chi connectivity index (χ4n) is 2.65. The highest BCUT2D eigenvalue weighted by Crippen LogP contribution is 2.27. The molecule has 3 rings (SSSR count). The summed E-state index contributed by atoms with van der Waals surface area (Å²) in [6.45, 7) is 1.86. The van der Waals surface area contributed by atoms with E-state index < -0.39 is 9.84 Å². The van der Waals surface area contributed by atoms with Crippen LogP contribution in [0.15, 0.2) is 59.5 Å². The summed E-state index contributed by atoms with van der Waals surface area (Å²) >= 11 is 6.11. The third-order valence-corrected chi connectivity index (χ3v) is 6.04. The Morgan fingerprint density at radius 1 is 1.08 bits per heavy atom. The van der Waals surface area contributed by atoms with Crippen LogP contribution in [0.4, 0.5) is 0 Å². The number of benzene rings is 2. The number of nitrogens with zero attached hydrogens (tertiary/aromatic N) is 2. The van der Waals surface area contributed by atoms with E-state index >= 15 is 0 Å². The van der Waals surface area contributed by atoms with Gasteiger partial charge in [-0.1, -0.05) is 41.4 Å². The third-order valence-electron chi connectivity index (χ3n) is 4.04. The van der Waals surface area contributed by atoms with E-state index in [1.165, 1.54) is 0 Å². The highest BCUT2D eigenvalue weighted by molar-refractivity contribution is 7.91. The first-order valence-corrected chi connectivity index (χ1v) is 10.2. The maximum absolute atomic E-state index is 12.2. The van der Waals surface area contributed by atoms with E-state index in [2.05, 4.69) is 5.10 Å². The number of rotatable bonds is 6. The van der Waals surface area contributed by atoms with Crippen molar-refractivity contribution < 1.29 is 13.5 Å². The Balaban J connectivity index is 1.97. The summed E-state index contributed by atoms with van der Waals surface area (Å²) in [6, 6.07) is 16.3. The number of hydrogen-bond acceptors (Lipinski definition) is 4. The fourth-order valence-corrected chi connectivity index (χ4v) is 4.12. The van der Waals surface area contributed by atoms with Crippen LogP contribution in [-0.4, -0.2) is 35.7 Å². The molecule has 1 aromatic heterocycles. The Bertz CT molecular complexity index is 994. The Morgan fingerprint density at radius 2 is 1.73 bits per heavy atom. The second kappa shape index (κ2) is 7.61. The van der Waals surface area contributed by atoms with Crippen LogP contribution in [-0.2, 0) is 9.84 Å². The molecule has 0 aliphatic heterocycles. The molecule has 1 heterocycles. The molecule has 0 fully saturated rings. The predicted octanol–water partition coefficient (Wildman–Crippen LogP) is 3.66. The van der Waals surface area contributed by atoms with Gasteiger partial charge in [0.15, 0.2) is 15.0 Å². The summed E-state index contributed by atoms with van der Waals surface area (Å²) in [4.78, 5) is 0.238. The van der Waals surface area contributed by atoms with Crippen molar-refractivity contribution in [3.63, 3.8) is 0 Å². The number of halogens is 1. The van der Waals surface area contributed by atoms with Crippen LogP contribution in [0.25, 0.3) is 16.9 Å². The molecule has 5 nitrogen and oxygen atoms in total. The average molecular weight is 391 g/mol. The highest BCUT2D eigenvalue weighted by Gasteiger charge is 2.15. The van der Waals surface area contributed by atoms with Crippen molar-refractivity contribution in [2.75, 3.05) is 12.4 Å². The van der Waals surface area contributed by atoms with Crippen molar-refractivity contribution in [2.24, 2.45) is 0 Å². The molecule has 0 aliphatic carbocycles. The molecule has 0 saturated heterocycles. The van der Waals surface area contributed by atoms with Crippen LogP contribution in [0, 0.1) is 6.92 Å². The number of aliphatic hydroxyl groups excluding tert-OH is 1. The first-order chi connectivity index (χ1) is 12.4. The van der Waals surface area contributed by atoms with Crippen molar-refractivity contribution in [3.05, 3.63) is 65.3 Å². The first-order valence-electron chi connectivity index (χ1n) is 8.17. The normalized spacial score (nSPS) is 11.7. The third kappa shape index (κ3) is 3.98. The number of aliphatic hydroxyl groups is 1. The van der Waals surface area contributed by atoms with Gasteiger partial charge in [-0.05, 0) is 37.6 Å². The molecular formula is C19H19ClN2O3S. The van der Waals surface area contributed by atoms with Crippen LogP contribution < -0.4 is 0 Å². The topological polar surface area (TPSA) is 72.2 Å². The Hall–Kier alpha value is -2.15. The lowest BCUT2D eigenvalue weighted by Crippen LogP contribution is -2.08. The average Bonchev–Trinajstić information content (AvgIpc) is 3.02. The first kappa shape index (κ1) is 18.6. The van der Waals surface area contributed by atoms with E-state index in [1.54, 1.807) is 35.0 Å². The van der Waals surface area contributed by atoms with Crippen molar-refractivity contribution in [2.45, 2.75) is 18.2 Å². The SMILES string of the molecule is Cc1ccc(-n2nc(Cl)cc2-c2ccc(S(=O)(=O)CCCO)cc2)cc1. The van der Waals surface area contributed by atoms with Crippen molar-refractivity contribution >= 4 is 21.4 Å². The Labute approximate surface area is 157 Å². The maximum atomic E-state index is 12.2. The lowest BCUT2D eigenvalue weighted by atomic mass is 10.1. The van der Waals surface area contributed by atoms with Gasteiger partial charge in [0.25, 0.3) is 0 Å². The predicted molar refractivity (Wildman–Crippen MR) is 103 cm³/mol. The minimum absolute atomic E-state index is 0.0734. The zero-order valence-corrected chi connectivity index (χ0v) is 15.8. The standard InChI is InChI=1S/C19H19ClN2O3S/c1-14-3-7-16(8-4-14)22-18(13-19(20)21-22)15-5-9-17(10-6-15)26(24,25)12-2-11-23/h3-10,13,23H,2,11-12H2,1H3. The van der Waals surface area contributed by atoms with Gasteiger partial charge in [-0.2, -0.15) is 5.10 Å². The van der Waals surface area contributed by atoms with Gasteiger partial charge in [-0.15, -0.1) is 0 Å². The largest absolute Gasteiger partial charge is 0.396 e. The zero-order chi connectivity index (χ0) is 18.7. The summed E-state index contributed by atoms with van der Waals surface area (Å²) in [7, 11) is -3.39. The molecule has 3 aromatic rings. The van der Waals surface area contributed by atoms with Gasteiger partial charge >= 0.3 is 0 Å². The van der Waals surface area contributed by atoms with Crippen molar-refractivity contribution in [1.82, 2.24) is 9.78 Å². The second-order valence-electron chi connectivity index (χ2n) is 6.02. The van der Waals surface area contributed by atoms with Crippen LogP contribution in [0.3, 0.4) is 0 Å². The summed E-state index contributed by atoms with van der Waals surface area (Å²) in [5.74, 6) is -0.0734. The van der Waals surface area contributed by atoms with E-state index in [0.717, 1.165) is 22.5 Å². The summed E-state index contributed by atoms with van der Waals surface area (Å²) in [6.07, 6.45) is 0.222. The monoisotopic (exact) mass is 390 g/mol. The molecule has 0 spiro atoms.